The summed E-state index contributed by atoms with van der Waals surface area (Å²) in [6, 6.07) is 11.7. The summed E-state index contributed by atoms with van der Waals surface area (Å²) in [6.45, 7) is 8.23. The molecule has 8 nitrogen and oxygen atoms in total. The van der Waals surface area contributed by atoms with Gasteiger partial charge in [-0.2, -0.15) is 0 Å². The quantitative estimate of drug-likeness (QED) is 0.525. The molecule has 8 heteroatoms. The first kappa shape index (κ1) is 19.6. The summed E-state index contributed by atoms with van der Waals surface area (Å²) < 4.78 is 13.0. The molecule has 0 fully saturated rings. The van der Waals surface area contributed by atoms with Crippen molar-refractivity contribution in [2.75, 3.05) is 0 Å². The lowest BCUT2D eigenvalue weighted by atomic mass is 10.1. The lowest BCUT2D eigenvalue weighted by molar-refractivity contribution is 0.0942. The number of benzene rings is 1. The molecule has 3 heterocycles. The van der Waals surface area contributed by atoms with Gasteiger partial charge in [0, 0.05) is 5.56 Å². The van der Waals surface area contributed by atoms with Gasteiger partial charge in [-0.3, -0.25) is 4.79 Å². The third-order valence-corrected chi connectivity index (χ3v) is 4.91. The van der Waals surface area contributed by atoms with Crippen LogP contribution in [-0.2, 0) is 13.1 Å². The monoisotopic (exact) mass is 405 g/mol. The fraction of sp³-hybridized carbons (Fsp3) is 0.273. The number of nitrogens with one attached hydrogen (secondary N) is 1. The largest absolute Gasteiger partial charge is 0.465 e. The standard InChI is InChI=1S/C22H23N5O3/c1-13-5-8-17(9-6-13)22-24-19(16(4)30-22)12-27-15(3)20(25-26-27)21(28)23-11-18-10-7-14(2)29-18/h5-10H,11-12H2,1-4H3,(H,23,28). The molecule has 0 aliphatic carbocycles. The van der Waals surface area contributed by atoms with Crippen LogP contribution in [0.25, 0.3) is 11.5 Å². The molecule has 0 unspecified atom stereocenters. The number of oxazole rings is 1. The van der Waals surface area contributed by atoms with Gasteiger partial charge >= 0.3 is 0 Å². The van der Waals surface area contributed by atoms with Gasteiger partial charge in [0.05, 0.1) is 18.8 Å². The molecule has 4 aromatic rings. The number of hydrogen-bond acceptors (Lipinski definition) is 6. The average molecular weight is 405 g/mol. The van der Waals surface area contributed by atoms with Crippen molar-refractivity contribution in [1.82, 2.24) is 25.3 Å². The number of aromatic nitrogens is 4. The molecule has 1 aromatic carbocycles. The van der Waals surface area contributed by atoms with Gasteiger partial charge in [0.2, 0.25) is 5.89 Å². The van der Waals surface area contributed by atoms with E-state index in [0.29, 0.717) is 36.2 Å². The minimum absolute atomic E-state index is 0.276. The first-order valence-corrected chi connectivity index (χ1v) is 9.67. The summed E-state index contributed by atoms with van der Waals surface area (Å²) in [4.78, 5) is 17.1. The summed E-state index contributed by atoms with van der Waals surface area (Å²) >= 11 is 0. The number of carbonyl (C=O) groups is 1. The van der Waals surface area contributed by atoms with E-state index in [1.807, 2.05) is 64.1 Å². The van der Waals surface area contributed by atoms with Crippen LogP contribution >= 0.6 is 0 Å². The van der Waals surface area contributed by atoms with Crippen molar-refractivity contribution in [3.63, 3.8) is 0 Å². The maximum atomic E-state index is 12.5. The fourth-order valence-corrected chi connectivity index (χ4v) is 3.09. The second-order valence-corrected chi connectivity index (χ2v) is 7.26. The van der Waals surface area contributed by atoms with Crippen LogP contribution in [0.3, 0.4) is 0 Å². The van der Waals surface area contributed by atoms with Crippen LogP contribution < -0.4 is 5.32 Å². The number of carbonyl (C=O) groups excluding carboxylic acids is 1. The number of hydrogen-bond donors (Lipinski definition) is 1. The molecule has 1 N–H and O–H groups in total. The van der Waals surface area contributed by atoms with Crippen LogP contribution in [0.2, 0.25) is 0 Å². The number of amides is 1. The lowest BCUT2D eigenvalue weighted by Gasteiger charge is -2.03. The van der Waals surface area contributed by atoms with Crippen LogP contribution in [0.5, 0.6) is 0 Å². The van der Waals surface area contributed by atoms with Crippen molar-refractivity contribution in [3.05, 3.63) is 76.3 Å². The summed E-state index contributed by atoms with van der Waals surface area (Å²) in [6.07, 6.45) is 0. The highest BCUT2D eigenvalue weighted by molar-refractivity contribution is 5.93. The van der Waals surface area contributed by atoms with Crippen molar-refractivity contribution in [1.29, 1.82) is 0 Å². The Bertz CT molecular complexity index is 1180. The molecule has 0 spiro atoms. The SMILES string of the molecule is Cc1ccc(-c2nc(Cn3nnc(C(=O)NCc4ccc(C)o4)c3C)c(C)o2)cc1. The normalized spacial score (nSPS) is 11.1. The third kappa shape index (κ3) is 4.03. The average Bonchev–Trinajstić information content (AvgIpc) is 3.41. The zero-order valence-corrected chi connectivity index (χ0v) is 17.4. The zero-order valence-electron chi connectivity index (χ0n) is 17.4. The Labute approximate surface area is 173 Å². The van der Waals surface area contributed by atoms with Crippen molar-refractivity contribution >= 4 is 5.91 Å². The summed E-state index contributed by atoms with van der Waals surface area (Å²) in [5.74, 6) is 2.46. The van der Waals surface area contributed by atoms with E-state index in [1.165, 1.54) is 5.56 Å². The highest BCUT2D eigenvalue weighted by atomic mass is 16.4. The first-order chi connectivity index (χ1) is 14.4. The van der Waals surface area contributed by atoms with E-state index in [0.717, 1.165) is 17.0 Å². The molecule has 4 rings (SSSR count). The van der Waals surface area contributed by atoms with E-state index in [9.17, 15) is 4.79 Å². The van der Waals surface area contributed by atoms with E-state index < -0.39 is 0 Å². The van der Waals surface area contributed by atoms with Crippen LogP contribution in [0.1, 0.15) is 44.7 Å². The van der Waals surface area contributed by atoms with Gasteiger partial charge in [-0.1, -0.05) is 22.9 Å². The van der Waals surface area contributed by atoms with Crippen molar-refractivity contribution < 1.29 is 13.6 Å². The van der Waals surface area contributed by atoms with Gasteiger partial charge in [-0.05, 0) is 52.0 Å². The van der Waals surface area contributed by atoms with E-state index in [-0.39, 0.29) is 11.6 Å². The van der Waals surface area contributed by atoms with Crippen LogP contribution in [-0.4, -0.2) is 25.9 Å². The van der Waals surface area contributed by atoms with Crippen molar-refractivity contribution in [2.45, 2.75) is 40.8 Å². The Morgan fingerprint density at radius 1 is 1.03 bits per heavy atom. The lowest BCUT2D eigenvalue weighted by Crippen LogP contribution is -2.24. The van der Waals surface area contributed by atoms with E-state index >= 15 is 0 Å². The van der Waals surface area contributed by atoms with Crippen molar-refractivity contribution in [2.24, 2.45) is 0 Å². The molecule has 0 bridgehead atoms. The minimum atomic E-state index is -0.301. The Hall–Kier alpha value is -3.68. The molecule has 1 amide bonds. The molecule has 0 radical (unpaired) electrons. The second-order valence-electron chi connectivity index (χ2n) is 7.26. The van der Waals surface area contributed by atoms with E-state index in [1.54, 1.807) is 4.68 Å². The van der Waals surface area contributed by atoms with E-state index in [4.69, 9.17) is 8.83 Å². The third-order valence-electron chi connectivity index (χ3n) is 4.91. The van der Waals surface area contributed by atoms with Crippen LogP contribution in [0, 0.1) is 27.7 Å². The maximum Gasteiger partial charge on any atom is 0.274 e. The predicted octanol–water partition coefficient (Wildman–Crippen LogP) is 3.74. The second kappa shape index (κ2) is 7.98. The molecular weight excluding hydrogens is 382 g/mol. The van der Waals surface area contributed by atoms with Gasteiger partial charge < -0.3 is 14.2 Å². The van der Waals surface area contributed by atoms with Gasteiger partial charge in [0.15, 0.2) is 5.69 Å². The van der Waals surface area contributed by atoms with Crippen LogP contribution in [0.4, 0.5) is 0 Å². The molecule has 0 saturated carbocycles. The molecular formula is C22H23N5O3. The van der Waals surface area contributed by atoms with E-state index in [2.05, 4.69) is 20.6 Å². The number of aryl methyl sites for hydroxylation is 3. The fourth-order valence-electron chi connectivity index (χ4n) is 3.09. The molecule has 154 valence electrons. The number of rotatable bonds is 6. The maximum absolute atomic E-state index is 12.5. The molecule has 0 aliphatic rings. The zero-order chi connectivity index (χ0) is 21.3. The minimum Gasteiger partial charge on any atom is -0.465 e. The number of nitrogens with zero attached hydrogens (tertiary/aromatic N) is 4. The molecule has 0 aliphatic heterocycles. The molecule has 0 saturated heterocycles. The molecule has 3 aromatic heterocycles. The Balaban J connectivity index is 1.47. The Kier molecular flexibility index (Phi) is 5.22. The van der Waals surface area contributed by atoms with Gasteiger partial charge in [-0.15, -0.1) is 5.10 Å². The van der Waals surface area contributed by atoms with Gasteiger partial charge in [-0.25, -0.2) is 9.67 Å². The summed E-state index contributed by atoms with van der Waals surface area (Å²) in [7, 11) is 0. The predicted molar refractivity (Wildman–Crippen MR) is 110 cm³/mol. The first-order valence-electron chi connectivity index (χ1n) is 9.67. The Morgan fingerprint density at radius 3 is 2.50 bits per heavy atom. The van der Waals surface area contributed by atoms with Crippen molar-refractivity contribution in [3.8, 4) is 11.5 Å². The number of furan rings is 1. The molecule has 30 heavy (non-hydrogen) atoms. The smallest absolute Gasteiger partial charge is 0.274 e. The van der Waals surface area contributed by atoms with Crippen LogP contribution in [0.15, 0.2) is 45.2 Å². The summed E-state index contributed by atoms with van der Waals surface area (Å²) in [5.41, 5.74) is 3.77. The highest BCUT2D eigenvalue weighted by Gasteiger charge is 2.19. The summed E-state index contributed by atoms with van der Waals surface area (Å²) in [5, 5.41) is 11.0. The van der Waals surface area contributed by atoms with Gasteiger partial charge in [0.25, 0.3) is 5.91 Å². The molecule has 0 atom stereocenters. The topological polar surface area (TPSA) is 99.0 Å². The van der Waals surface area contributed by atoms with Gasteiger partial charge in [0.1, 0.15) is 23.0 Å². The highest BCUT2D eigenvalue weighted by Crippen LogP contribution is 2.23. The Morgan fingerprint density at radius 2 is 1.80 bits per heavy atom.